The van der Waals surface area contributed by atoms with Crippen molar-refractivity contribution in [3.8, 4) is 5.88 Å². The Hall–Kier alpha value is -2.14. The van der Waals surface area contributed by atoms with Gasteiger partial charge in [-0.15, -0.1) is 0 Å². The van der Waals surface area contributed by atoms with Gasteiger partial charge in [0.2, 0.25) is 5.88 Å². The molecule has 0 saturated heterocycles. The van der Waals surface area contributed by atoms with Gasteiger partial charge in [-0.2, -0.15) is 0 Å². The number of carbonyl (C=O) groups excluding carboxylic acids is 1. The minimum atomic E-state index is -0.675. The molecule has 0 spiro atoms. The normalized spacial score (nSPS) is 10.1. The summed E-state index contributed by atoms with van der Waals surface area (Å²) in [5, 5.41) is 2.56. The number of aromatic nitrogens is 1. The lowest BCUT2D eigenvalue weighted by Gasteiger charge is -2.07. The van der Waals surface area contributed by atoms with E-state index in [1.54, 1.807) is 12.1 Å². The number of amides is 1. The van der Waals surface area contributed by atoms with Crippen molar-refractivity contribution in [1.29, 1.82) is 0 Å². The van der Waals surface area contributed by atoms with Crippen molar-refractivity contribution in [2.75, 3.05) is 12.4 Å². The van der Waals surface area contributed by atoms with Gasteiger partial charge in [-0.05, 0) is 18.2 Å². The number of halogens is 2. The summed E-state index contributed by atoms with van der Waals surface area (Å²) < 4.78 is 18.4. The predicted octanol–water partition coefficient (Wildman–Crippen LogP) is 3.14. The van der Waals surface area contributed by atoms with Crippen LogP contribution in [0.1, 0.15) is 10.4 Å². The molecule has 6 heteroatoms. The monoisotopic (exact) mass is 280 g/mol. The first-order valence-electron chi connectivity index (χ1n) is 5.37. The molecule has 0 aliphatic heterocycles. The van der Waals surface area contributed by atoms with Crippen molar-refractivity contribution in [2.24, 2.45) is 0 Å². The van der Waals surface area contributed by atoms with Crippen molar-refractivity contribution in [3.63, 3.8) is 0 Å². The van der Waals surface area contributed by atoms with Gasteiger partial charge in [0, 0.05) is 6.07 Å². The smallest absolute Gasteiger partial charge is 0.260 e. The highest BCUT2D eigenvalue weighted by molar-refractivity contribution is 6.34. The summed E-state index contributed by atoms with van der Waals surface area (Å²) in [7, 11) is 1.49. The average molecular weight is 281 g/mol. The number of pyridine rings is 1. The fraction of sp³-hybridized carbons (Fsp3) is 0.0769. The Morgan fingerprint density at radius 1 is 1.37 bits per heavy atom. The Balaban J connectivity index is 2.21. The first-order chi connectivity index (χ1) is 9.11. The summed E-state index contributed by atoms with van der Waals surface area (Å²) in [6, 6.07) is 7.24. The molecule has 1 heterocycles. The lowest BCUT2D eigenvalue weighted by molar-refractivity contribution is 0.102. The van der Waals surface area contributed by atoms with Crippen LogP contribution < -0.4 is 10.1 Å². The largest absolute Gasteiger partial charge is 0.481 e. The number of hydrogen-bond donors (Lipinski definition) is 1. The number of rotatable bonds is 3. The SMILES string of the molecule is COc1ccc(NC(=O)c2c(F)cccc2Cl)cn1. The summed E-state index contributed by atoms with van der Waals surface area (Å²) in [6.07, 6.45) is 1.41. The molecule has 0 unspecified atom stereocenters. The third-order valence-corrected chi connectivity index (χ3v) is 2.71. The number of hydrogen-bond acceptors (Lipinski definition) is 3. The number of nitrogens with zero attached hydrogens (tertiary/aromatic N) is 1. The lowest BCUT2D eigenvalue weighted by atomic mass is 10.2. The van der Waals surface area contributed by atoms with Crippen LogP contribution in [0.5, 0.6) is 5.88 Å². The minimum absolute atomic E-state index is 0.0546. The topological polar surface area (TPSA) is 51.2 Å². The molecule has 4 nitrogen and oxygen atoms in total. The van der Waals surface area contributed by atoms with Gasteiger partial charge in [-0.1, -0.05) is 17.7 Å². The van der Waals surface area contributed by atoms with Crippen LogP contribution >= 0.6 is 11.6 Å². The van der Waals surface area contributed by atoms with E-state index in [4.69, 9.17) is 16.3 Å². The zero-order chi connectivity index (χ0) is 13.8. The first kappa shape index (κ1) is 13.3. The van der Waals surface area contributed by atoms with Gasteiger partial charge in [0.15, 0.2) is 0 Å². The molecule has 0 fully saturated rings. The molecule has 1 aromatic heterocycles. The van der Waals surface area contributed by atoms with Gasteiger partial charge >= 0.3 is 0 Å². The molecule has 0 aliphatic carbocycles. The van der Waals surface area contributed by atoms with Crippen LogP contribution in [0.25, 0.3) is 0 Å². The highest BCUT2D eigenvalue weighted by Crippen LogP contribution is 2.20. The van der Waals surface area contributed by atoms with E-state index in [0.717, 1.165) is 0 Å². The van der Waals surface area contributed by atoms with Crippen LogP contribution in [0.3, 0.4) is 0 Å². The van der Waals surface area contributed by atoms with Crippen molar-refractivity contribution in [1.82, 2.24) is 4.98 Å². The van der Waals surface area contributed by atoms with Gasteiger partial charge in [0.25, 0.3) is 5.91 Å². The van der Waals surface area contributed by atoms with E-state index in [1.807, 2.05) is 0 Å². The maximum Gasteiger partial charge on any atom is 0.260 e. The van der Waals surface area contributed by atoms with Crippen LogP contribution in [-0.4, -0.2) is 18.0 Å². The molecule has 2 rings (SSSR count). The van der Waals surface area contributed by atoms with Gasteiger partial charge in [-0.25, -0.2) is 9.37 Å². The first-order valence-corrected chi connectivity index (χ1v) is 5.75. The molecule has 2 aromatic rings. The van der Waals surface area contributed by atoms with E-state index in [1.165, 1.54) is 31.5 Å². The summed E-state index contributed by atoms with van der Waals surface area (Å²) in [5.74, 6) is -0.886. The number of nitrogens with one attached hydrogen (secondary N) is 1. The number of anilines is 1. The van der Waals surface area contributed by atoms with Crippen LogP contribution in [0.2, 0.25) is 5.02 Å². The second kappa shape index (κ2) is 5.67. The number of methoxy groups -OCH3 is 1. The van der Waals surface area contributed by atoms with Crippen LogP contribution in [-0.2, 0) is 0 Å². The van der Waals surface area contributed by atoms with Gasteiger partial charge in [0.05, 0.1) is 29.6 Å². The highest BCUT2D eigenvalue weighted by Gasteiger charge is 2.15. The summed E-state index contributed by atoms with van der Waals surface area (Å²) in [6.45, 7) is 0. The van der Waals surface area contributed by atoms with E-state index < -0.39 is 11.7 Å². The van der Waals surface area contributed by atoms with Crippen molar-refractivity contribution in [2.45, 2.75) is 0 Å². The fourth-order valence-electron chi connectivity index (χ4n) is 1.48. The molecule has 0 aliphatic rings. The fourth-order valence-corrected chi connectivity index (χ4v) is 1.73. The van der Waals surface area contributed by atoms with E-state index in [2.05, 4.69) is 10.3 Å². The summed E-state index contributed by atoms with van der Waals surface area (Å²) in [5.41, 5.74) is 0.227. The zero-order valence-corrected chi connectivity index (χ0v) is 10.7. The Morgan fingerprint density at radius 2 is 2.16 bits per heavy atom. The molecule has 19 heavy (non-hydrogen) atoms. The Labute approximate surface area is 114 Å². The molecule has 0 saturated carbocycles. The van der Waals surface area contributed by atoms with Crippen molar-refractivity contribution in [3.05, 3.63) is 52.9 Å². The summed E-state index contributed by atoms with van der Waals surface area (Å²) in [4.78, 5) is 15.8. The van der Waals surface area contributed by atoms with Crippen molar-refractivity contribution < 1.29 is 13.9 Å². The van der Waals surface area contributed by atoms with Gasteiger partial charge in [-0.3, -0.25) is 4.79 Å². The van der Waals surface area contributed by atoms with E-state index in [-0.39, 0.29) is 10.6 Å². The molecule has 1 N–H and O–H groups in total. The van der Waals surface area contributed by atoms with Crippen molar-refractivity contribution >= 4 is 23.2 Å². The Kier molecular flexibility index (Phi) is 3.97. The third-order valence-electron chi connectivity index (χ3n) is 2.39. The van der Waals surface area contributed by atoms with Crippen LogP contribution in [0.15, 0.2) is 36.5 Å². The lowest BCUT2D eigenvalue weighted by Crippen LogP contribution is -2.14. The maximum atomic E-state index is 13.5. The number of carbonyl (C=O) groups is 1. The van der Waals surface area contributed by atoms with Crippen LogP contribution in [0.4, 0.5) is 10.1 Å². The van der Waals surface area contributed by atoms with Gasteiger partial charge in [0.1, 0.15) is 5.82 Å². The van der Waals surface area contributed by atoms with Crippen LogP contribution in [0, 0.1) is 5.82 Å². The molecule has 1 amide bonds. The average Bonchev–Trinajstić information content (AvgIpc) is 2.39. The third kappa shape index (κ3) is 3.00. The highest BCUT2D eigenvalue weighted by atomic mass is 35.5. The standard InChI is InChI=1S/C13H10ClFN2O2/c1-19-11-6-5-8(7-16-11)17-13(18)12-9(14)3-2-4-10(12)15/h2-7H,1H3,(H,17,18). The molecular weight excluding hydrogens is 271 g/mol. The van der Waals surface area contributed by atoms with E-state index in [9.17, 15) is 9.18 Å². The quantitative estimate of drug-likeness (QED) is 0.940. The molecule has 0 bridgehead atoms. The molecule has 0 radical (unpaired) electrons. The Morgan fingerprint density at radius 3 is 2.74 bits per heavy atom. The predicted molar refractivity (Wildman–Crippen MR) is 70.2 cm³/mol. The second-order valence-electron chi connectivity index (χ2n) is 3.64. The molecule has 1 aromatic carbocycles. The molecular formula is C13H10ClFN2O2. The number of ether oxygens (including phenoxy) is 1. The summed E-state index contributed by atoms with van der Waals surface area (Å²) >= 11 is 5.80. The minimum Gasteiger partial charge on any atom is -0.481 e. The van der Waals surface area contributed by atoms with E-state index in [0.29, 0.717) is 11.6 Å². The molecule has 98 valence electrons. The number of benzene rings is 1. The van der Waals surface area contributed by atoms with Gasteiger partial charge < -0.3 is 10.1 Å². The zero-order valence-electron chi connectivity index (χ0n) is 9.98. The Bertz CT molecular complexity index is 582. The van der Waals surface area contributed by atoms with E-state index >= 15 is 0 Å². The maximum absolute atomic E-state index is 13.5. The molecule has 0 atom stereocenters. The second-order valence-corrected chi connectivity index (χ2v) is 4.05.